The van der Waals surface area contributed by atoms with E-state index in [0.29, 0.717) is 12.1 Å². The van der Waals surface area contributed by atoms with Crippen LogP contribution in [0.1, 0.15) is 36.7 Å². The van der Waals surface area contributed by atoms with Crippen molar-refractivity contribution in [2.24, 2.45) is 0 Å². The van der Waals surface area contributed by atoms with Crippen LogP contribution in [0.5, 0.6) is 0 Å². The molecule has 0 radical (unpaired) electrons. The topological polar surface area (TPSA) is 36.4 Å². The molecule has 0 fully saturated rings. The van der Waals surface area contributed by atoms with E-state index in [9.17, 15) is 4.79 Å². The van der Waals surface area contributed by atoms with Crippen LogP contribution in [0.4, 0.5) is 0 Å². The Morgan fingerprint density at radius 2 is 1.52 bits per heavy atom. The van der Waals surface area contributed by atoms with E-state index in [1.165, 1.54) is 5.56 Å². The van der Waals surface area contributed by atoms with Crippen LogP contribution in [0, 0.1) is 6.92 Å². The molecule has 152 valence electrons. The molecule has 1 amide bonds. The number of carbonyl (C=O) groups excluding carboxylic acids is 1. The van der Waals surface area contributed by atoms with Crippen molar-refractivity contribution < 1.29 is 4.79 Å². The normalized spacial score (nSPS) is 11.2. The van der Waals surface area contributed by atoms with Crippen molar-refractivity contribution in [3.63, 3.8) is 0 Å². The van der Waals surface area contributed by atoms with Gasteiger partial charge in [0, 0.05) is 36.8 Å². The molecule has 3 rings (SSSR count). The fourth-order valence-corrected chi connectivity index (χ4v) is 3.68. The van der Waals surface area contributed by atoms with Gasteiger partial charge in [0.1, 0.15) is 0 Å². The van der Waals surface area contributed by atoms with E-state index in [1.54, 1.807) is 6.20 Å². The summed E-state index contributed by atoms with van der Waals surface area (Å²) in [6.07, 6.45) is 1.75. The van der Waals surface area contributed by atoms with Crippen molar-refractivity contribution in [1.29, 1.82) is 0 Å². The summed E-state index contributed by atoms with van der Waals surface area (Å²) in [6, 6.07) is 16.5. The molecule has 0 saturated heterocycles. The molecule has 29 heavy (non-hydrogen) atoms. The van der Waals surface area contributed by atoms with Crippen LogP contribution in [0.2, 0.25) is 0 Å². The molecule has 0 atom stereocenters. The molecule has 0 bridgehead atoms. The molecule has 1 heterocycles. The first-order chi connectivity index (χ1) is 14.1. The highest BCUT2D eigenvalue weighted by Gasteiger charge is 2.19. The molecular weight excluding hydrogens is 358 g/mol. The lowest BCUT2D eigenvalue weighted by Gasteiger charge is -2.26. The molecule has 2 aromatic carbocycles. The Kier molecular flexibility index (Phi) is 6.99. The Bertz CT molecular complexity index is 961. The summed E-state index contributed by atoms with van der Waals surface area (Å²) in [7, 11) is 0. The number of hydrogen-bond acceptors (Lipinski definition) is 3. The lowest BCUT2D eigenvalue weighted by molar-refractivity contribution is 0.0748. The fraction of sp³-hybridized carbons (Fsp3) is 0.360. The highest BCUT2D eigenvalue weighted by Crippen LogP contribution is 2.29. The summed E-state index contributed by atoms with van der Waals surface area (Å²) in [5.74, 6) is 0.0545. The van der Waals surface area contributed by atoms with E-state index >= 15 is 0 Å². The Hall–Kier alpha value is -2.72. The monoisotopic (exact) mass is 389 g/mol. The van der Waals surface area contributed by atoms with Gasteiger partial charge in [-0.3, -0.25) is 9.78 Å². The maximum atomic E-state index is 13.3. The zero-order valence-corrected chi connectivity index (χ0v) is 18.0. The lowest BCUT2D eigenvalue weighted by atomic mass is 9.99. The van der Waals surface area contributed by atoms with Crippen molar-refractivity contribution in [1.82, 2.24) is 14.8 Å². The van der Waals surface area contributed by atoms with E-state index in [0.717, 1.165) is 48.2 Å². The summed E-state index contributed by atoms with van der Waals surface area (Å²) < 4.78 is 0. The van der Waals surface area contributed by atoms with Crippen LogP contribution < -0.4 is 0 Å². The van der Waals surface area contributed by atoms with Crippen molar-refractivity contribution in [3.8, 4) is 11.3 Å². The SMILES string of the molecule is CCN(CC)CCN(CC)C(=O)c1cnc(-c2ccc(C)cc2)c2ccccc12. The second-order valence-electron chi connectivity index (χ2n) is 7.34. The van der Waals surface area contributed by atoms with Crippen LogP contribution in [0.3, 0.4) is 0 Å². The fourth-order valence-electron chi connectivity index (χ4n) is 3.68. The molecular formula is C25H31N3O. The minimum absolute atomic E-state index is 0.0545. The molecule has 0 spiro atoms. The number of aromatic nitrogens is 1. The molecule has 0 unspecified atom stereocenters. The second-order valence-corrected chi connectivity index (χ2v) is 7.34. The average Bonchev–Trinajstić information content (AvgIpc) is 2.76. The molecule has 0 N–H and O–H groups in total. The average molecular weight is 390 g/mol. The second kappa shape index (κ2) is 9.66. The minimum atomic E-state index is 0.0545. The van der Waals surface area contributed by atoms with E-state index < -0.39 is 0 Å². The van der Waals surface area contributed by atoms with Crippen molar-refractivity contribution in [2.45, 2.75) is 27.7 Å². The summed E-state index contributed by atoms with van der Waals surface area (Å²) in [4.78, 5) is 22.3. The predicted octanol–water partition coefficient (Wildman–Crippen LogP) is 5.01. The molecule has 4 nitrogen and oxygen atoms in total. The van der Waals surface area contributed by atoms with E-state index in [2.05, 4.69) is 56.0 Å². The number of fused-ring (bicyclic) bond motifs is 1. The third-order valence-electron chi connectivity index (χ3n) is 5.60. The highest BCUT2D eigenvalue weighted by molar-refractivity contribution is 6.09. The smallest absolute Gasteiger partial charge is 0.256 e. The number of nitrogens with zero attached hydrogens (tertiary/aromatic N) is 3. The number of carbonyl (C=O) groups is 1. The summed E-state index contributed by atoms with van der Waals surface area (Å²) >= 11 is 0. The Balaban J connectivity index is 1.96. The molecule has 4 heteroatoms. The standard InChI is InChI=1S/C25H31N3O/c1-5-27(6-2)16-17-28(7-3)25(29)23-18-26-24(20-14-12-19(4)13-15-20)22-11-9-8-10-21(22)23/h8-15,18H,5-7,16-17H2,1-4H3. The lowest BCUT2D eigenvalue weighted by Crippen LogP contribution is -2.38. The molecule has 0 saturated carbocycles. The Labute approximate surface area is 174 Å². The van der Waals surface area contributed by atoms with Gasteiger partial charge < -0.3 is 9.80 Å². The quantitative estimate of drug-likeness (QED) is 0.543. The molecule has 1 aromatic heterocycles. The first kappa shape index (κ1) is 21.0. The van der Waals surface area contributed by atoms with Gasteiger partial charge in [-0.2, -0.15) is 0 Å². The first-order valence-electron chi connectivity index (χ1n) is 10.5. The zero-order chi connectivity index (χ0) is 20.8. The van der Waals surface area contributed by atoms with Crippen molar-refractivity contribution >= 4 is 16.7 Å². The largest absolute Gasteiger partial charge is 0.338 e. The highest BCUT2D eigenvalue weighted by atomic mass is 16.2. The van der Waals surface area contributed by atoms with Gasteiger partial charge in [-0.05, 0) is 32.3 Å². The summed E-state index contributed by atoms with van der Waals surface area (Å²) in [5.41, 5.74) is 3.89. The number of rotatable bonds is 8. The zero-order valence-electron chi connectivity index (χ0n) is 18.0. The van der Waals surface area contributed by atoms with Crippen molar-refractivity contribution in [2.75, 3.05) is 32.7 Å². The number of hydrogen-bond donors (Lipinski definition) is 0. The Morgan fingerprint density at radius 1 is 0.862 bits per heavy atom. The van der Waals surface area contributed by atoms with Crippen molar-refractivity contribution in [3.05, 3.63) is 65.9 Å². The maximum Gasteiger partial charge on any atom is 0.256 e. The molecule has 0 aliphatic heterocycles. The van der Waals surface area contributed by atoms with Gasteiger partial charge >= 0.3 is 0 Å². The molecule has 3 aromatic rings. The maximum absolute atomic E-state index is 13.3. The van der Waals surface area contributed by atoms with Crippen LogP contribution in [-0.4, -0.2) is 53.4 Å². The molecule has 0 aliphatic rings. The predicted molar refractivity (Wildman–Crippen MR) is 121 cm³/mol. The van der Waals surface area contributed by atoms with Gasteiger partial charge in [0.25, 0.3) is 5.91 Å². The number of aryl methyl sites for hydroxylation is 1. The van der Waals surface area contributed by atoms with Crippen LogP contribution in [-0.2, 0) is 0 Å². The summed E-state index contributed by atoms with van der Waals surface area (Å²) in [5, 5.41) is 1.98. The molecule has 0 aliphatic carbocycles. The third kappa shape index (κ3) is 4.65. The number of amides is 1. The number of benzene rings is 2. The van der Waals surface area contributed by atoms with Gasteiger partial charge in [-0.25, -0.2) is 0 Å². The van der Waals surface area contributed by atoms with Gasteiger partial charge in [0.05, 0.1) is 11.3 Å². The van der Waals surface area contributed by atoms with Crippen LogP contribution in [0.15, 0.2) is 54.7 Å². The van der Waals surface area contributed by atoms with E-state index in [-0.39, 0.29) is 5.91 Å². The first-order valence-corrected chi connectivity index (χ1v) is 10.5. The van der Waals surface area contributed by atoms with E-state index in [1.807, 2.05) is 30.0 Å². The van der Waals surface area contributed by atoms with Gasteiger partial charge in [0.2, 0.25) is 0 Å². The number of pyridine rings is 1. The number of likely N-dealkylation sites (N-methyl/N-ethyl adjacent to an activating group) is 2. The van der Waals surface area contributed by atoms with Gasteiger partial charge in [-0.1, -0.05) is 67.9 Å². The van der Waals surface area contributed by atoms with E-state index in [4.69, 9.17) is 4.98 Å². The Morgan fingerprint density at radius 3 is 2.14 bits per heavy atom. The van der Waals surface area contributed by atoms with Crippen LogP contribution >= 0.6 is 0 Å². The summed E-state index contributed by atoms with van der Waals surface area (Å²) in [6.45, 7) is 12.7. The minimum Gasteiger partial charge on any atom is -0.338 e. The third-order valence-corrected chi connectivity index (χ3v) is 5.60. The van der Waals surface area contributed by atoms with Crippen LogP contribution in [0.25, 0.3) is 22.0 Å². The van der Waals surface area contributed by atoms with Gasteiger partial charge in [0.15, 0.2) is 0 Å². The van der Waals surface area contributed by atoms with Gasteiger partial charge in [-0.15, -0.1) is 0 Å².